The molecule has 72 valence electrons. The zero-order valence-electron chi connectivity index (χ0n) is 7.88. The van der Waals surface area contributed by atoms with Gasteiger partial charge in [0, 0.05) is 5.69 Å². The van der Waals surface area contributed by atoms with Crippen molar-refractivity contribution in [3.05, 3.63) is 23.2 Å². The molecule has 2 N–H and O–H groups in total. The highest BCUT2D eigenvalue weighted by molar-refractivity contribution is 6.32. The van der Waals surface area contributed by atoms with Crippen molar-refractivity contribution in [3.63, 3.8) is 0 Å². The fraction of sp³-hybridized carbons (Fsp3) is 0.400. The summed E-state index contributed by atoms with van der Waals surface area (Å²) in [7, 11) is 0. The van der Waals surface area contributed by atoms with Crippen LogP contribution in [0.1, 0.15) is 20.3 Å². The number of hydrogen-bond donors (Lipinski definition) is 1. The van der Waals surface area contributed by atoms with Gasteiger partial charge in [-0.25, -0.2) is 0 Å². The van der Waals surface area contributed by atoms with Gasteiger partial charge in [0.2, 0.25) is 0 Å². The summed E-state index contributed by atoms with van der Waals surface area (Å²) in [6, 6.07) is 5.27. The summed E-state index contributed by atoms with van der Waals surface area (Å²) >= 11 is 5.93. The highest BCUT2D eigenvalue weighted by atomic mass is 35.5. The molecule has 3 heteroatoms. The molecule has 1 aromatic rings. The number of ether oxygens (including phenoxy) is 1. The van der Waals surface area contributed by atoms with E-state index >= 15 is 0 Å². The molecule has 0 aliphatic carbocycles. The van der Waals surface area contributed by atoms with Gasteiger partial charge in [0.05, 0.1) is 11.1 Å². The molecule has 0 aromatic heterocycles. The Hall–Kier alpha value is -0.890. The van der Waals surface area contributed by atoms with E-state index in [4.69, 9.17) is 22.1 Å². The largest absolute Gasteiger partial charge is 0.489 e. The molecule has 0 amide bonds. The average Bonchev–Trinajstić information content (AvgIpc) is 2.09. The lowest BCUT2D eigenvalue weighted by Gasteiger charge is -2.13. The Bertz CT molecular complexity index is 288. The summed E-state index contributed by atoms with van der Waals surface area (Å²) in [6.07, 6.45) is 1.14. The van der Waals surface area contributed by atoms with E-state index in [0.29, 0.717) is 16.5 Å². The van der Waals surface area contributed by atoms with Crippen LogP contribution in [0, 0.1) is 0 Å². The minimum absolute atomic E-state index is 0.182. The van der Waals surface area contributed by atoms with Crippen molar-refractivity contribution in [2.45, 2.75) is 26.4 Å². The number of benzene rings is 1. The van der Waals surface area contributed by atoms with Gasteiger partial charge < -0.3 is 10.5 Å². The van der Waals surface area contributed by atoms with Crippen LogP contribution in [0.25, 0.3) is 0 Å². The molecule has 0 unspecified atom stereocenters. The van der Waals surface area contributed by atoms with Crippen LogP contribution in [0.2, 0.25) is 5.02 Å². The van der Waals surface area contributed by atoms with Crippen LogP contribution in [0.4, 0.5) is 5.69 Å². The normalized spacial score (nSPS) is 12.5. The second kappa shape index (κ2) is 4.38. The Morgan fingerprint density at radius 1 is 1.54 bits per heavy atom. The van der Waals surface area contributed by atoms with Crippen molar-refractivity contribution in [1.82, 2.24) is 0 Å². The Morgan fingerprint density at radius 3 is 2.77 bits per heavy atom. The fourth-order valence-electron chi connectivity index (χ4n) is 0.913. The zero-order chi connectivity index (χ0) is 9.84. The Kier molecular flexibility index (Phi) is 3.43. The summed E-state index contributed by atoms with van der Waals surface area (Å²) in [5, 5.41) is 0.570. The third-order valence-corrected chi connectivity index (χ3v) is 2.15. The van der Waals surface area contributed by atoms with Gasteiger partial charge in [0.1, 0.15) is 5.75 Å². The van der Waals surface area contributed by atoms with Gasteiger partial charge in [-0.1, -0.05) is 18.5 Å². The lowest BCUT2D eigenvalue weighted by atomic mass is 10.3. The molecule has 0 spiro atoms. The van der Waals surface area contributed by atoms with Crippen LogP contribution < -0.4 is 10.5 Å². The minimum atomic E-state index is 0.182. The van der Waals surface area contributed by atoms with E-state index < -0.39 is 0 Å². The second-order valence-corrected chi connectivity index (χ2v) is 3.43. The highest BCUT2D eigenvalue weighted by Gasteiger charge is 2.05. The fourth-order valence-corrected chi connectivity index (χ4v) is 1.15. The third-order valence-electron chi connectivity index (χ3n) is 1.86. The van der Waals surface area contributed by atoms with Crippen molar-refractivity contribution < 1.29 is 4.74 Å². The Morgan fingerprint density at radius 2 is 2.23 bits per heavy atom. The van der Waals surface area contributed by atoms with Crippen molar-refractivity contribution in [3.8, 4) is 5.75 Å². The molecular weight excluding hydrogens is 186 g/mol. The maximum Gasteiger partial charge on any atom is 0.138 e. The number of hydrogen-bond acceptors (Lipinski definition) is 2. The van der Waals surface area contributed by atoms with Gasteiger partial charge in [-0.15, -0.1) is 0 Å². The highest BCUT2D eigenvalue weighted by Crippen LogP contribution is 2.27. The molecule has 2 nitrogen and oxygen atoms in total. The van der Waals surface area contributed by atoms with Crippen LogP contribution in [0.3, 0.4) is 0 Å². The van der Waals surface area contributed by atoms with Crippen molar-refractivity contribution in [1.29, 1.82) is 0 Å². The summed E-state index contributed by atoms with van der Waals surface area (Å²) in [6.45, 7) is 4.07. The van der Waals surface area contributed by atoms with E-state index in [2.05, 4.69) is 6.92 Å². The quantitative estimate of drug-likeness (QED) is 0.760. The molecule has 0 radical (unpaired) electrons. The van der Waals surface area contributed by atoms with Crippen LogP contribution in [0.15, 0.2) is 18.2 Å². The number of halogens is 1. The van der Waals surface area contributed by atoms with E-state index in [0.717, 1.165) is 6.42 Å². The number of anilines is 1. The zero-order valence-corrected chi connectivity index (χ0v) is 8.64. The van der Waals surface area contributed by atoms with Crippen LogP contribution in [-0.4, -0.2) is 6.10 Å². The maximum atomic E-state index is 5.93. The molecule has 1 rings (SSSR count). The molecule has 0 bridgehead atoms. The van der Waals surface area contributed by atoms with Crippen molar-refractivity contribution >= 4 is 17.3 Å². The van der Waals surface area contributed by atoms with Gasteiger partial charge in [-0.3, -0.25) is 0 Å². The molecule has 0 aliphatic rings. The first-order valence-electron chi connectivity index (χ1n) is 4.35. The van der Waals surface area contributed by atoms with Crippen molar-refractivity contribution in [2.24, 2.45) is 0 Å². The standard InChI is InChI=1S/C10H14ClNO/c1-3-7(2)13-10-5-4-8(12)6-9(10)11/h4-7H,3,12H2,1-2H3/t7-/m1/s1. The lowest BCUT2D eigenvalue weighted by Crippen LogP contribution is -2.09. The third kappa shape index (κ3) is 2.81. The summed E-state index contributed by atoms with van der Waals surface area (Å²) < 4.78 is 5.56. The predicted molar refractivity (Wildman–Crippen MR) is 56.2 cm³/mol. The number of nitrogens with two attached hydrogens (primary N) is 1. The van der Waals surface area contributed by atoms with Gasteiger partial charge in [0.15, 0.2) is 0 Å². The molecular formula is C10H14ClNO. The smallest absolute Gasteiger partial charge is 0.138 e. The molecule has 0 aliphatic heterocycles. The van der Waals surface area contributed by atoms with E-state index in [1.54, 1.807) is 18.2 Å². The van der Waals surface area contributed by atoms with E-state index in [1.807, 2.05) is 6.92 Å². The van der Waals surface area contributed by atoms with Crippen LogP contribution >= 0.6 is 11.6 Å². The predicted octanol–water partition coefficient (Wildman–Crippen LogP) is 3.10. The summed E-state index contributed by atoms with van der Waals surface area (Å²) in [5.74, 6) is 0.699. The van der Waals surface area contributed by atoms with Gasteiger partial charge >= 0.3 is 0 Å². The molecule has 13 heavy (non-hydrogen) atoms. The molecule has 0 saturated heterocycles. The maximum absolute atomic E-state index is 5.93. The monoisotopic (exact) mass is 199 g/mol. The first-order valence-corrected chi connectivity index (χ1v) is 4.73. The SMILES string of the molecule is CC[C@@H](C)Oc1ccc(N)cc1Cl. The summed E-state index contributed by atoms with van der Waals surface area (Å²) in [5.41, 5.74) is 6.20. The molecule has 0 saturated carbocycles. The minimum Gasteiger partial charge on any atom is -0.489 e. The summed E-state index contributed by atoms with van der Waals surface area (Å²) in [4.78, 5) is 0. The Labute approximate surface area is 83.6 Å². The second-order valence-electron chi connectivity index (χ2n) is 3.03. The lowest BCUT2D eigenvalue weighted by molar-refractivity contribution is 0.217. The van der Waals surface area contributed by atoms with Gasteiger partial charge in [0.25, 0.3) is 0 Å². The van der Waals surface area contributed by atoms with Crippen LogP contribution in [-0.2, 0) is 0 Å². The van der Waals surface area contributed by atoms with E-state index in [-0.39, 0.29) is 6.10 Å². The molecule has 0 heterocycles. The molecule has 0 fully saturated rings. The number of nitrogen functional groups attached to an aromatic ring is 1. The average molecular weight is 200 g/mol. The van der Waals surface area contributed by atoms with E-state index in [9.17, 15) is 0 Å². The van der Waals surface area contributed by atoms with Crippen molar-refractivity contribution in [2.75, 3.05) is 5.73 Å². The topological polar surface area (TPSA) is 35.2 Å². The van der Waals surface area contributed by atoms with Crippen LogP contribution in [0.5, 0.6) is 5.75 Å². The first kappa shape index (κ1) is 10.2. The number of rotatable bonds is 3. The van der Waals surface area contributed by atoms with Gasteiger partial charge in [-0.2, -0.15) is 0 Å². The van der Waals surface area contributed by atoms with E-state index in [1.165, 1.54) is 0 Å². The first-order chi connectivity index (χ1) is 6.13. The van der Waals surface area contributed by atoms with Gasteiger partial charge in [-0.05, 0) is 31.5 Å². The molecule has 1 atom stereocenters. The molecule has 1 aromatic carbocycles. The Balaban J connectivity index is 2.77.